The van der Waals surface area contributed by atoms with Gasteiger partial charge in [-0.1, -0.05) is 36.4 Å². The molecule has 0 atom stereocenters. The molecule has 0 spiro atoms. The number of hydrogen-bond acceptors (Lipinski definition) is 4. The molecule has 0 heterocycles. The Morgan fingerprint density at radius 2 is 1.88 bits per heavy atom. The normalized spacial score (nSPS) is 10.3. The standard InChI is InChI=1S/C19H21NO5/c1-24-17-11-16(19(22)23)8-7-15(17)9-10-20-18(21)13-25-12-14-5-3-2-4-6-14/h2-8,11H,9-10,12-13H2,1H3,(H,20,21)(H,22,23). The zero-order valence-corrected chi connectivity index (χ0v) is 14.0. The number of methoxy groups -OCH3 is 1. The molecule has 0 saturated carbocycles. The van der Waals surface area contributed by atoms with E-state index < -0.39 is 5.97 Å². The van der Waals surface area contributed by atoms with E-state index in [0.717, 1.165) is 11.1 Å². The van der Waals surface area contributed by atoms with E-state index in [4.69, 9.17) is 14.6 Å². The van der Waals surface area contributed by atoms with Crippen LogP contribution in [0.4, 0.5) is 0 Å². The lowest BCUT2D eigenvalue weighted by Gasteiger charge is -2.10. The molecule has 0 aromatic heterocycles. The van der Waals surface area contributed by atoms with Gasteiger partial charge in [-0.05, 0) is 29.7 Å². The van der Waals surface area contributed by atoms with Gasteiger partial charge in [0.1, 0.15) is 12.4 Å². The largest absolute Gasteiger partial charge is 0.496 e. The van der Waals surface area contributed by atoms with Gasteiger partial charge in [0.2, 0.25) is 5.91 Å². The topological polar surface area (TPSA) is 84.9 Å². The molecular weight excluding hydrogens is 322 g/mol. The van der Waals surface area contributed by atoms with Gasteiger partial charge < -0.3 is 19.9 Å². The van der Waals surface area contributed by atoms with E-state index >= 15 is 0 Å². The quantitative estimate of drug-likeness (QED) is 0.730. The summed E-state index contributed by atoms with van der Waals surface area (Å²) in [6.45, 7) is 0.791. The fourth-order valence-electron chi connectivity index (χ4n) is 2.31. The van der Waals surface area contributed by atoms with Crippen molar-refractivity contribution in [3.63, 3.8) is 0 Å². The van der Waals surface area contributed by atoms with Gasteiger partial charge in [-0.15, -0.1) is 0 Å². The van der Waals surface area contributed by atoms with Crippen LogP contribution in [0.3, 0.4) is 0 Å². The van der Waals surface area contributed by atoms with Crippen molar-refractivity contribution in [2.24, 2.45) is 0 Å². The fraction of sp³-hybridized carbons (Fsp3) is 0.263. The minimum atomic E-state index is -1.01. The van der Waals surface area contributed by atoms with Gasteiger partial charge in [0.15, 0.2) is 0 Å². The molecule has 0 bridgehead atoms. The van der Waals surface area contributed by atoms with E-state index in [9.17, 15) is 9.59 Å². The van der Waals surface area contributed by atoms with Crippen LogP contribution in [0.2, 0.25) is 0 Å². The molecular formula is C19H21NO5. The average Bonchev–Trinajstić information content (AvgIpc) is 2.62. The van der Waals surface area contributed by atoms with Crippen LogP contribution in [0, 0.1) is 0 Å². The van der Waals surface area contributed by atoms with Gasteiger partial charge in [0.25, 0.3) is 0 Å². The van der Waals surface area contributed by atoms with Crippen molar-refractivity contribution in [2.75, 3.05) is 20.3 Å². The summed E-state index contributed by atoms with van der Waals surface area (Å²) in [5, 5.41) is 11.8. The van der Waals surface area contributed by atoms with Gasteiger partial charge in [-0.3, -0.25) is 4.79 Å². The number of ether oxygens (including phenoxy) is 2. The van der Waals surface area contributed by atoms with Crippen molar-refractivity contribution < 1.29 is 24.2 Å². The molecule has 2 rings (SSSR count). The number of carboxylic acids is 1. The first-order valence-electron chi connectivity index (χ1n) is 7.88. The summed E-state index contributed by atoms with van der Waals surface area (Å²) in [7, 11) is 1.49. The lowest BCUT2D eigenvalue weighted by atomic mass is 10.1. The van der Waals surface area contributed by atoms with Crippen molar-refractivity contribution in [2.45, 2.75) is 13.0 Å². The smallest absolute Gasteiger partial charge is 0.335 e. The van der Waals surface area contributed by atoms with E-state index in [2.05, 4.69) is 5.32 Å². The lowest BCUT2D eigenvalue weighted by molar-refractivity contribution is -0.126. The van der Waals surface area contributed by atoms with E-state index in [1.54, 1.807) is 6.07 Å². The van der Waals surface area contributed by atoms with Crippen molar-refractivity contribution in [1.29, 1.82) is 0 Å². The molecule has 0 unspecified atom stereocenters. The van der Waals surface area contributed by atoms with Crippen LogP contribution in [0.25, 0.3) is 0 Å². The Morgan fingerprint density at radius 1 is 1.12 bits per heavy atom. The monoisotopic (exact) mass is 343 g/mol. The van der Waals surface area contributed by atoms with Crippen LogP contribution in [-0.2, 0) is 22.6 Å². The number of rotatable bonds is 9. The number of aromatic carboxylic acids is 1. The van der Waals surface area contributed by atoms with E-state index in [0.29, 0.717) is 25.3 Å². The van der Waals surface area contributed by atoms with Crippen molar-refractivity contribution in [3.8, 4) is 5.75 Å². The summed E-state index contributed by atoms with van der Waals surface area (Å²) in [5.41, 5.74) is 2.01. The van der Waals surface area contributed by atoms with Crippen LogP contribution in [0.5, 0.6) is 5.75 Å². The third-order valence-corrected chi connectivity index (χ3v) is 3.60. The van der Waals surface area contributed by atoms with E-state index in [1.165, 1.54) is 19.2 Å². The molecule has 6 heteroatoms. The second kappa shape index (κ2) is 9.44. The van der Waals surface area contributed by atoms with Crippen molar-refractivity contribution in [3.05, 3.63) is 65.2 Å². The maximum absolute atomic E-state index is 11.8. The minimum Gasteiger partial charge on any atom is -0.496 e. The summed E-state index contributed by atoms with van der Waals surface area (Å²) in [6, 6.07) is 14.3. The summed E-state index contributed by atoms with van der Waals surface area (Å²) < 4.78 is 10.6. The molecule has 0 aliphatic rings. The summed E-state index contributed by atoms with van der Waals surface area (Å²) >= 11 is 0. The first kappa shape index (κ1) is 18.5. The average molecular weight is 343 g/mol. The Kier molecular flexibility index (Phi) is 6.98. The highest BCUT2D eigenvalue weighted by atomic mass is 16.5. The summed E-state index contributed by atoms with van der Waals surface area (Å²) in [4.78, 5) is 22.7. The summed E-state index contributed by atoms with van der Waals surface area (Å²) in [6.07, 6.45) is 0.535. The first-order valence-corrected chi connectivity index (χ1v) is 7.88. The van der Waals surface area contributed by atoms with Gasteiger partial charge in [0.05, 0.1) is 19.3 Å². The zero-order valence-electron chi connectivity index (χ0n) is 14.0. The van der Waals surface area contributed by atoms with Gasteiger partial charge in [-0.2, -0.15) is 0 Å². The number of benzene rings is 2. The van der Waals surface area contributed by atoms with Crippen LogP contribution >= 0.6 is 0 Å². The molecule has 2 N–H and O–H groups in total. The van der Waals surface area contributed by atoms with Gasteiger partial charge in [0, 0.05) is 6.54 Å². The van der Waals surface area contributed by atoms with Crippen LogP contribution in [-0.4, -0.2) is 37.2 Å². The second-order valence-corrected chi connectivity index (χ2v) is 5.41. The maximum Gasteiger partial charge on any atom is 0.335 e. The third-order valence-electron chi connectivity index (χ3n) is 3.60. The number of carbonyl (C=O) groups is 2. The minimum absolute atomic E-state index is 0.00994. The Labute approximate surface area is 146 Å². The lowest BCUT2D eigenvalue weighted by Crippen LogP contribution is -2.29. The van der Waals surface area contributed by atoms with Crippen LogP contribution in [0.1, 0.15) is 21.5 Å². The SMILES string of the molecule is COc1cc(C(=O)O)ccc1CCNC(=O)COCc1ccccc1. The third kappa shape index (κ3) is 5.93. The molecule has 6 nitrogen and oxygen atoms in total. The number of carbonyl (C=O) groups excluding carboxylic acids is 1. The molecule has 2 aromatic rings. The highest BCUT2D eigenvalue weighted by molar-refractivity contribution is 5.88. The molecule has 2 aromatic carbocycles. The molecule has 0 aliphatic carbocycles. The van der Waals surface area contributed by atoms with Crippen LogP contribution < -0.4 is 10.1 Å². The van der Waals surface area contributed by atoms with Crippen LogP contribution in [0.15, 0.2) is 48.5 Å². The number of nitrogens with one attached hydrogen (secondary N) is 1. The number of carboxylic acid groups (broad SMARTS) is 1. The second-order valence-electron chi connectivity index (χ2n) is 5.41. The predicted molar refractivity (Wildman–Crippen MR) is 92.8 cm³/mol. The highest BCUT2D eigenvalue weighted by Gasteiger charge is 2.09. The van der Waals surface area contributed by atoms with Gasteiger partial charge >= 0.3 is 5.97 Å². The molecule has 0 fully saturated rings. The Balaban J connectivity index is 1.74. The first-order chi connectivity index (χ1) is 12.1. The molecule has 0 aliphatic heterocycles. The molecule has 0 saturated heterocycles. The van der Waals surface area contributed by atoms with E-state index in [-0.39, 0.29) is 18.1 Å². The highest BCUT2D eigenvalue weighted by Crippen LogP contribution is 2.20. The zero-order chi connectivity index (χ0) is 18.1. The molecule has 1 amide bonds. The Morgan fingerprint density at radius 3 is 2.56 bits per heavy atom. The maximum atomic E-state index is 11.8. The van der Waals surface area contributed by atoms with E-state index in [1.807, 2.05) is 30.3 Å². The molecule has 25 heavy (non-hydrogen) atoms. The number of hydrogen-bond donors (Lipinski definition) is 2. The van der Waals surface area contributed by atoms with Crippen molar-refractivity contribution in [1.82, 2.24) is 5.32 Å². The predicted octanol–water partition coefficient (Wildman–Crippen LogP) is 2.27. The van der Waals surface area contributed by atoms with Gasteiger partial charge in [-0.25, -0.2) is 4.79 Å². The van der Waals surface area contributed by atoms with Crippen molar-refractivity contribution >= 4 is 11.9 Å². The Hall–Kier alpha value is -2.86. The fourth-order valence-corrected chi connectivity index (χ4v) is 2.31. The Bertz CT molecular complexity index is 715. The number of amides is 1. The molecule has 132 valence electrons. The molecule has 0 radical (unpaired) electrons. The summed E-state index contributed by atoms with van der Waals surface area (Å²) in [5.74, 6) is -0.708.